The molecule has 0 saturated carbocycles. The molecular formula is C22H23N7O2. The van der Waals surface area contributed by atoms with E-state index in [1.807, 2.05) is 38.3 Å². The van der Waals surface area contributed by atoms with Crippen molar-refractivity contribution >= 4 is 28.4 Å². The number of aryl methyl sites for hydroxylation is 2. The van der Waals surface area contributed by atoms with Crippen molar-refractivity contribution in [1.82, 2.24) is 29.3 Å². The highest BCUT2D eigenvalue weighted by Gasteiger charge is 2.20. The first kappa shape index (κ1) is 20.4. The number of ketones is 1. The van der Waals surface area contributed by atoms with Crippen LogP contribution in [0.2, 0.25) is 0 Å². The molecule has 0 atom stereocenters. The lowest BCUT2D eigenvalue weighted by Gasteiger charge is -2.08. The molecular weight excluding hydrogens is 394 g/mol. The maximum absolute atomic E-state index is 13.2. The molecule has 9 heteroatoms. The Bertz CT molecular complexity index is 1290. The van der Waals surface area contributed by atoms with Crippen LogP contribution in [0.25, 0.3) is 11.0 Å². The molecule has 9 nitrogen and oxygen atoms in total. The van der Waals surface area contributed by atoms with Crippen LogP contribution in [-0.4, -0.2) is 41.0 Å². The SMILES string of the molecule is Cc1cc(C)n(CC(=O)Nc2cncc(C(=O)c3cn(C(C)C)c4ncncc34)c2)n1. The van der Waals surface area contributed by atoms with Crippen LogP contribution >= 0.6 is 0 Å². The predicted molar refractivity (Wildman–Crippen MR) is 116 cm³/mol. The molecule has 0 aromatic carbocycles. The van der Waals surface area contributed by atoms with E-state index in [0.29, 0.717) is 27.8 Å². The number of fused-ring (bicyclic) bond motifs is 1. The van der Waals surface area contributed by atoms with Gasteiger partial charge in [0.25, 0.3) is 0 Å². The quantitative estimate of drug-likeness (QED) is 0.483. The fraction of sp³-hybridized carbons (Fsp3) is 0.273. The van der Waals surface area contributed by atoms with Gasteiger partial charge in [-0.2, -0.15) is 5.10 Å². The van der Waals surface area contributed by atoms with Crippen LogP contribution in [0.3, 0.4) is 0 Å². The Kier molecular flexibility index (Phi) is 5.33. The molecule has 0 spiro atoms. The van der Waals surface area contributed by atoms with E-state index in [1.54, 1.807) is 23.1 Å². The summed E-state index contributed by atoms with van der Waals surface area (Å²) in [6.45, 7) is 7.90. The van der Waals surface area contributed by atoms with Crippen LogP contribution in [0, 0.1) is 13.8 Å². The molecule has 4 heterocycles. The lowest BCUT2D eigenvalue weighted by atomic mass is 10.1. The summed E-state index contributed by atoms with van der Waals surface area (Å²) >= 11 is 0. The van der Waals surface area contributed by atoms with Crippen LogP contribution in [0.1, 0.15) is 47.2 Å². The molecule has 1 amide bonds. The van der Waals surface area contributed by atoms with Gasteiger partial charge in [-0.3, -0.25) is 19.3 Å². The van der Waals surface area contributed by atoms with Crippen molar-refractivity contribution in [2.45, 2.75) is 40.3 Å². The Morgan fingerprint density at radius 1 is 1.10 bits per heavy atom. The third-order valence-corrected chi connectivity index (χ3v) is 4.98. The second-order valence-electron chi connectivity index (χ2n) is 7.73. The number of hydrogen-bond donors (Lipinski definition) is 1. The van der Waals surface area contributed by atoms with Crippen molar-refractivity contribution in [2.75, 3.05) is 5.32 Å². The molecule has 0 aliphatic carbocycles. The molecule has 158 valence electrons. The first-order valence-electron chi connectivity index (χ1n) is 9.94. The van der Waals surface area contributed by atoms with Crippen molar-refractivity contribution in [2.24, 2.45) is 0 Å². The third-order valence-electron chi connectivity index (χ3n) is 4.98. The Balaban J connectivity index is 1.58. The van der Waals surface area contributed by atoms with Gasteiger partial charge in [0.2, 0.25) is 5.91 Å². The van der Waals surface area contributed by atoms with Crippen molar-refractivity contribution in [1.29, 1.82) is 0 Å². The molecule has 4 aromatic rings. The summed E-state index contributed by atoms with van der Waals surface area (Å²) in [6, 6.07) is 3.67. The number of hydrogen-bond acceptors (Lipinski definition) is 6. The summed E-state index contributed by atoms with van der Waals surface area (Å²) in [5.74, 6) is -0.455. The number of amides is 1. The largest absolute Gasteiger partial charge is 0.329 e. The molecule has 0 aliphatic heterocycles. The van der Waals surface area contributed by atoms with Gasteiger partial charge in [-0.1, -0.05) is 0 Å². The zero-order valence-electron chi connectivity index (χ0n) is 17.8. The van der Waals surface area contributed by atoms with E-state index in [9.17, 15) is 9.59 Å². The van der Waals surface area contributed by atoms with E-state index in [2.05, 4.69) is 25.4 Å². The number of pyridine rings is 1. The molecule has 1 N–H and O–H groups in total. The van der Waals surface area contributed by atoms with Crippen LogP contribution < -0.4 is 5.32 Å². The minimum atomic E-state index is -0.248. The summed E-state index contributed by atoms with van der Waals surface area (Å²) < 4.78 is 3.57. The summed E-state index contributed by atoms with van der Waals surface area (Å²) in [5, 5.41) is 7.77. The van der Waals surface area contributed by atoms with Gasteiger partial charge < -0.3 is 9.88 Å². The molecule has 0 unspecified atom stereocenters. The zero-order chi connectivity index (χ0) is 22.1. The Labute approximate surface area is 179 Å². The number of carbonyl (C=O) groups excluding carboxylic acids is 2. The Hall–Kier alpha value is -3.88. The number of anilines is 1. The minimum Gasteiger partial charge on any atom is -0.329 e. The summed E-state index contributed by atoms with van der Waals surface area (Å²) in [7, 11) is 0. The predicted octanol–water partition coefficient (Wildman–Crippen LogP) is 3.09. The number of nitrogens with one attached hydrogen (secondary N) is 1. The lowest BCUT2D eigenvalue weighted by molar-refractivity contribution is -0.116. The maximum atomic E-state index is 13.2. The molecule has 4 aromatic heterocycles. The van der Waals surface area contributed by atoms with Gasteiger partial charge in [-0.05, 0) is 39.8 Å². The number of nitrogens with zero attached hydrogens (tertiary/aromatic N) is 6. The second kappa shape index (κ2) is 8.10. The average Bonchev–Trinajstić information content (AvgIpc) is 3.27. The fourth-order valence-electron chi connectivity index (χ4n) is 3.52. The molecule has 4 rings (SSSR count). The fourth-order valence-corrected chi connectivity index (χ4v) is 3.52. The second-order valence-corrected chi connectivity index (χ2v) is 7.73. The van der Waals surface area contributed by atoms with E-state index in [1.165, 1.54) is 18.7 Å². The van der Waals surface area contributed by atoms with Gasteiger partial charge in [0.05, 0.1) is 23.1 Å². The van der Waals surface area contributed by atoms with E-state index in [0.717, 1.165) is 11.4 Å². The van der Waals surface area contributed by atoms with Crippen LogP contribution in [-0.2, 0) is 11.3 Å². The van der Waals surface area contributed by atoms with Gasteiger partial charge >= 0.3 is 0 Å². The molecule has 31 heavy (non-hydrogen) atoms. The van der Waals surface area contributed by atoms with Gasteiger partial charge in [0.1, 0.15) is 18.5 Å². The van der Waals surface area contributed by atoms with Crippen molar-refractivity contribution in [3.63, 3.8) is 0 Å². The molecule has 0 aliphatic rings. The van der Waals surface area contributed by atoms with E-state index in [4.69, 9.17) is 0 Å². The average molecular weight is 417 g/mol. The minimum absolute atomic E-state index is 0.0804. The maximum Gasteiger partial charge on any atom is 0.246 e. The summed E-state index contributed by atoms with van der Waals surface area (Å²) in [6.07, 6.45) is 7.90. The summed E-state index contributed by atoms with van der Waals surface area (Å²) in [5.41, 5.74) is 3.77. The first-order valence-corrected chi connectivity index (χ1v) is 9.94. The molecule has 0 radical (unpaired) electrons. The molecule has 0 fully saturated rings. The number of aromatic nitrogens is 6. The Morgan fingerprint density at radius 3 is 2.61 bits per heavy atom. The summed E-state index contributed by atoms with van der Waals surface area (Å²) in [4.78, 5) is 38.2. The lowest BCUT2D eigenvalue weighted by Crippen LogP contribution is -2.20. The van der Waals surface area contributed by atoms with Gasteiger partial charge in [-0.25, -0.2) is 9.97 Å². The van der Waals surface area contributed by atoms with E-state index < -0.39 is 0 Å². The van der Waals surface area contributed by atoms with E-state index >= 15 is 0 Å². The van der Waals surface area contributed by atoms with Crippen molar-refractivity contribution in [3.8, 4) is 0 Å². The Morgan fingerprint density at radius 2 is 1.90 bits per heavy atom. The van der Waals surface area contributed by atoms with Crippen molar-refractivity contribution in [3.05, 3.63) is 65.8 Å². The van der Waals surface area contributed by atoms with Gasteiger partial charge in [0, 0.05) is 41.3 Å². The standard InChI is InChI=1S/C22H23N7O2/c1-13(2)28-10-19(18-9-24-12-25-22(18)28)21(31)16-6-17(8-23-7-16)26-20(30)11-29-15(4)5-14(3)27-29/h5-10,12-13H,11H2,1-4H3,(H,26,30). The van der Waals surface area contributed by atoms with Gasteiger partial charge in [-0.15, -0.1) is 0 Å². The highest BCUT2D eigenvalue weighted by Crippen LogP contribution is 2.25. The van der Waals surface area contributed by atoms with Crippen molar-refractivity contribution < 1.29 is 9.59 Å². The zero-order valence-corrected chi connectivity index (χ0v) is 17.8. The van der Waals surface area contributed by atoms with Crippen LogP contribution in [0.5, 0.6) is 0 Å². The first-order chi connectivity index (χ1) is 14.8. The third kappa shape index (κ3) is 4.07. The van der Waals surface area contributed by atoms with E-state index in [-0.39, 0.29) is 24.3 Å². The van der Waals surface area contributed by atoms with Crippen LogP contribution in [0.4, 0.5) is 5.69 Å². The van der Waals surface area contributed by atoms with Gasteiger partial charge in [0.15, 0.2) is 5.78 Å². The highest BCUT2D eigenvalue weighted by molar-refractivity contribution is 6.16. The normalized spacial score (nSPS) is 11.3. The van der Waals surface area contributed by atoms with Crippen LogP contribution in [0.15, 0.2) is 43.2 Å². The number of rotatable bonds is 6. The smallest absolute Gasteiger partial charge is 0.246 e. The number of carbonyl (C=O) groups is 2. The molecule has 0 saturated heterocycles. The monoisotopic (exact) mass is 417 g/mol. The molecule has 0 bridgehead atoms. The topological polar surface area (TPSA) is 108 Å². The highest BCUT2D eigenvalue weighted by atomic mass is 16.2.